The van der Waals surface area contributed by atoms with E-state index in [1.54, 1.807) is 12.5 Å². The van der Waals surface area contributed by atoms with Gasteiger partial charge < -0.3 is 10.6 Å². The third kappa shape index (κ3) is 4.65. The number of carbonyl (C=O) groups is 1. The number of hydrogen-bond acceptors (Lipinski definition) is 6. The summed E-state index contributed by atoms with van der Waals surface area (Å²) in [4.78, 5) is 23.9. The molecule has 1 atom stereocenters. The van der Waals surface area contributed by atoms with Crippen LogP contribution in [0.25, 0.3) is 11.3 Å². The van der Waals surface area contributed by atoms with Crippen molar-refractivity contribution in [1.82, 2.24) is 35.3 Å². The maximum Gasteiger partial charge on any atom is 0.237 e. The molecule has 2 aliphatic heterocycles. The molecule has 4 heterocycles. The topological polar surface area (TPSA) is 88.0 Å². The minimum atomic E-state index is 0.0716. The van der Waals surface area contributed by atoms with Crippen molar-refractivity contribution in [1.29, 1.82) is 0 Å². The molecule has 0 radical (unpaired) electrons. The first-order valence-electron chi connectivity index (χ1n) is 11.9. The maximum absolute atomic E-state index is 13.1. The van der Waals surface area contributed by atoms with Gasteiger partial charge in [-0.25, -0.2) is 9.97 Å². The van der Waals surface area contributed by atoms with Crippen molar-refractivity contribution < 1.29 is 4.79 Å². The van der Waals surface area contributed by atoms with Crippen LogP contribution in [-0.4, -0.2) is 68.3 Å². The molecule has 8 heteroatoms. The fourth-order valence-electron chi connectivity index (χ4n) is 5.56. The van der Waals surface area contributed by atoms with Crippen LogP contribution < -0.4 is 10.6 Å². The Balaban J connectivity index is 1.13. The molecule has 0 spiro atoms. The predicted molar refractivity (Wildman–Crippen MR) is 118 cm³/mol. The molecule has 3 fully saturated rings. The largest absolute Gasteiger partial charge is 0.352 e. The number of amides is 1. The summed E-state index contributed by atoms with van der Waals surface area (Å²) in [5.41, 5.74) is 1.93. The maximum atomic E-state index is 13.1. The third-order valence-electron chi connectivity index (χ3n) is 7.27. The lowest BCUT2D eigenvalue weighted by atomic mass is 9.91. The van der Waals surface area contributed by atoms with Crippen molar-refractivity contribution in [2.24, 2.45) is 0 Å². The lowest BCUT2D eigenvalue weighted by Gasteiger charge is -2.36. The molecule has 2 aromatic heterocycles. The standard InChI is InChI=1S/C23H33N7O/c31-23(22-2-1-13-29(22)19-7-10-24-11-8-19)28-18-3-5-20(6-4-18)30-15-17(14-27-30)21-9-12-25-16-26-21/h9,12,14-16,18-20,22,24H,1-8,10-11,13H2,(H,28,31)/t18?,20?,22-/m0/s1. The summed E-state index contributed by atoms with van der Waals surface area (Å²) in [6.07, 6.45) is 15.9. The van der Waals surface area contributed by atoms with Crippen LogP contribution in [0.3, 0.4) is 0 Å². The van der Waals surface area contributed by atoms with Crippen molar-refractivity contribution in [3.05, 3.63) is 31.0 Å². The van der Waals surface area contributed by atoms with Crippen molar-refractivity contribution in [3.63, 3.8) is 0 Å². The van der Waals surface area contributed by atoms with Gasteiger partial charge in [-0.3, -0.25) is 14.4 Å². The van der Waals surface area contributed by atoms with Crippen LogP contribution in [0.2, 0.25) is 0 Å². The molecule has 0 unspecified atom stereocenters. The van der Waals surface area contributed by atoms with E-state index >= 15 is 0 Å². The molecule has 2 aromatic rings. The molecular weight excluding hydrogens is 390 g/mol. The highest BCUT2D eigenvalue weighted by Crippen LogP contribution is 2.30. The Morgan fingerprint density at radius 3 is 2.68 bits per heavy atom. The van der Waals surface area contributed by atoms with Crippen LogP contribution in [0.1, 0.15) is 57.4 Å². The summed E-state index contributed by atoms with van der Waals surface area (Å²) in [6.45, 7) is 3.22. The van der Waals surface area contributed by atoms with Gasteiger partial charge in [0.2, 0.25) is 5.91 Å². The third-order valence-corrected chi connectivity index (χ3v) is 7.27. The van der Waals surface area contributed by atoms with Gasteiger partial charge in [-0.05, 0) is 77.1 Å². The van der Waals surface area contributed by atoms with Gasteiger partial charge in [-0.15, -0.1) is 0 Å². The molecular formula is C23H33N7O. The Bertz CT molecular complexity index is 856. The van der Waals surface area contributed by atoms with E-state index < -0.39 is 0 Å². The number of carbonyl (C=O) groups excluding carboxylic acids is 1. The highest BCUT2D eigenvalue weighted by molar-refractivity contribution is 5.82. The van der Waals surface area contributed by atoms with Gasteiger partial charge >= 0.3 is 0 Å². The van der Waals surface area contributed by atoms with Gasteiger partial charge in [0, 0.05) is 30.0 Å². The Kier molecular flexibility index (Phi) is 6.27. The number of rotatable bonds is 5. The van der Waals surface area contributed by atoms with E-state index in [9.17, 15) is 4.79 Å². The molecule has 8 nitrogen and oxygen atoms in total. The molecule has 1 aliphatic carbocycles. The van der Waals surface area contributed by atoms with Gasteiger partial charge in [-0.2, -0.15) is 5.10 Å². The fraction of sp³-hybridized carbons (Fsp3) is 0.652. The zero-order valence-electron chi connectivity index (χ0n) is 18.1. The van der Waals surface area contributed by atoms with E-state index in [1.807, 2.05) is 12.3 Å². The van der Waals surface area contributed by atoms with Crippen LogP contribution in [0, 0.1) is 0 Å². The molecule has 2 saturated heterocycles. The smallest absolute Gasteiger partial charge is 0.237 e. The summed E-state index contributed by atoms with van der Waals surface area (Å²) in [6, 6.07) is 3.23. The number of likely N-dealkylation sites (tertiary alicyclic amines) is 1. The average molecular weight is 424 g/mol. The van der Waals surface area contributed by atoms with Gasteiger partial charge in [0.25, 0.3) is 0 Å². The summed E-state index contributed by atoms with van der Waals surface area (Å²) >= 11 is 0. The van der Waals surface area contributed by atoms with Crippen LogP contribution in [0.4, 0.5) is 0 Å². The molecule has 0 bridgehead atoms. The first-order chi connectivity index (χ1) is 15.3. The lowest BCUT2D eigenvalue weighted by molar-refractivity contribution is -0.127. The summed E-state index contributed by atoms with van der Waals surface area (Å²) in [7, 11) is 0. The van der Waals surface area contributed by atoms with Crippen molar-refractivity contribution >= 4 is 5.91 Å². The second-order valence-electron chi connectivity index (χ2n) is 9.19. The van der Waals surface area contributed by atoms with Gasteiger partial charge in [-0.1, -0.05) is 0 Å². The average Bonchev–Trinajstić information content (AvgIpc) is 3.51. The summed E-state index contributed by atoms with van der Waals surface area (Å²) in [5.74, 6) is 0.254. The van der Waals surface area contributed by atoms with Gasteiger partial charge in [0.15, 0.2) is 0 Å². The second kappa shape index (κ2) is 9.44. The molecule has 1 saturated carbocycles. The van der Waals surface area contributed by atoms with Gasteiger partial charge in [0.1, 0.15) is 6.33 Å². The van der Waals surface area contributed by atoms with E-state index in [-0.39, 0.29) is 18.0 Å². The zero-order chi connectivity index (χ0) is 21.0. The second-order valence-corrected chi connectivity index (χ2v) is 9.19. The van der Waals surface area contributed by atoms with E-state index in [0.717, 1.165) is 82.3 Å². The Morgan fingerprint density at radius 1 is 1.06 bits per heavy atom. The first kappa shape index (κ1) is 20.6. The lowest BCUT2D eigenvalue weighted by Crippen LogP contribution is -2.52. The SMILES string of the molecule is O=C(NC1CCC(n2cc(-c3ccncn3)cn2)CC1)[C@@H]1CCCN1C1CCNCC1. The van der Waals surface area contributed by atoms with Crippen LogP contribution >= 0.6 is 0 Å². The van der Waals surface area contributed by atoms with Gasteiger partial charge in [0.05, 0.1) is 24.0 Å². The number of nitrogens with one attached hydrogen (secondary N) is 2. The Morgan fingerprint density at radius 2 is 1.90 bits per heavy atom. The summed E-state index contributed by atoms with van der Waals surface area (Å²) in [5, 5.41) is 11.4. The molecule has 0 aromatic carbocycles. The van der Waals surface area contributed by atoms with Crippen molar-refractivity contribution in [2.75, 3.05) is 19.6 Å². The molecule has 3 aliphatic rings. The molecule has 5 rings (SSSR count). The van der Waals surface area contributed by atoms with E-state index in [0.29, 0.717) is 12.1 Å². The monoisotopic (exact) mass is 423 g/mol. The molecule has 1 amide bonds. The van der Waals surface area contributed by atoms with Crippen LogP contribution in [0.15, 0.2) is 31.0 Å². The minimum Gasteiger partial charge on any atom is -0.352 e. The minimum absolute atomic E-state index is 0.0716. The number of nitrogens with zero attached hydrogens (tertiary/aromatic N) is 5. The van der Waals surface area contributed by atoms with E-state index in [2.05, 4.69) is 41.5 Å². The molecule has 2 N–H and O–H groups in total. The quantitative estimate of drug-likeness (QED) is 0.766. The van der Waals surface area contributed by atoms with Crippen LogP contribution in [-0.2, 0) is 4.79 Å². The van der Waals surface area contributed by atoms with E-state index in [1.165, 1.54) is 0 Å². The Hall–Kier alpha value is -2.32. The van der Waals surface area contributed by atoms with Crippen LogP contribution in [0.5, 0.6) is 0 Å². The summed E-state index contributed by atoms with van der Waals surface area (Å²) < 4.78 is 2.07. The number of hydrogen-bond donors (Lipinski definition) is 2. The first-order valence-corrected chi connectivity index (χ1v) is 11.9. The van der Waals surface area contributed by atoms with E-state index in [4.69, 9.17) is 0 Å². The van der Waals surface area contributed by atoms with Crippen molar-refractivity contribution in [3.8, 4) is 11.3 Å². The number of piperidine rings is 1. The van der Waals surface area contributed by atoms with Crippen molar-refractivity contribution in [2.45, 2.75) is 75.5 Å². The normalized spacial score (nSPS) is 27.9. The highest BCUT2D eigenvalue weighted by Gasteiger charge is 2.36. The fourth-order valence-corrected chi connectivity index (χ4v) is 5.56. The Labute approximate surface area is 183 Å². The zero-order valence-corrected chi connectivity index (χ0v) is 18.1. The molecule has 31 heavy (non-hydrogen) atoms. The highest BCUT2D eigenvalue weighted by atomic mass is 16.2. The predicted octanol–water partition coefficient (Wildman–Crippen LogP) is 2.16. The number of aromatic nitrogens is 4. The molecule has 166 valence electrons.